The van der Waals surface area contributed by atoms with E-state index in [0.717, 1.165) is 11.3 Å². The molecule has 7 nitrogen and oxygen atoms in total. The van der Waals surface area contributed by atoms with Crippen LogP contribution in [0.4, 0.5) is 5.00 Å². The number of amides is 2. The summed E-state index contributed by atoms with van der Waals surface area (Å²) in [7, 11) is 3.20. The van der Waals surface area contributed by atoms with Gasteiger partial charge in [-0.2, -0.15) is 10.5 Å². The Labute approximate surface area is 193 Å². The van der Waals surface area contributed by atoms with Crippen LogP contribution in [0, 0.1) is 29.6 Å². The van der Waals surface area contributed by atoms with Gasteiger partial charge in [-0.1, -0.05) is 23.7 Å². The molecule has 3 rings (SSSR count). The van der Waals surface area contributed by atoms with E-state index in [-0.39, 0.29) is 27.8 Å². The van der Waals surface area contributed by atoms with Gasteiger partial charge in [0.15, 0.2) is 0 Å². The SMILES string of the molecule is Cc1c(C(=O)N(C)C)sc(NC(=O)C(C#N)=Cc2ccc(-c3ccccc3Cl)o2)c1C#N. The molecule has 0 aliphatic rings. The van der Waals surface area contributed by atoms with E-state index in [2.05, 4.69) is 5.32 Å². The minimum Gasteiger partial charge on any atom is -0.457 e. The molecule has 0 aliphatic heterocycles. The third-order valence-electron chi connectivity index (χ3n) is 4.50. The van der Waals surface area contributed by atoms with E-state index in [1.54, 1.807) is 51.4 Å². The fourth-order valence-electron chi connectivity index (χ4n) is 2.84. The highest BCUT2D eigenvalue weighted by atomic mass is 35.5. The molecular weight excluding hydrogens is 448 g/mol. The average Bonchev–Trinajstić information content (AvgIpc) is 3.35. The van der Waals surface area contributed by atoms with E-state index in [9.17, 15) is 20.1 Å². The predicted octanol–water partition coefficient (Wildman–Crippen LogP) is 5.09. The summed E-state index contributed by atoms with van der Waals surface area (Å²) in [5.41, 5.74) is 1.12. The molecule has 160 valence electrons. The normalized spacial score (nSPS) is 10.9. The smallest absolute Gasteiger partial charge is 0.267 e. The molecule has 3 aromatic rings. The first-order valence-corrected chi connectivity index (χ1v) is 10.5. The van der Waals surface area contributed by atoms with Crippen LogP contribution in [0.25, 0.3) is 17.4 Å². The third kappa shape index (κ3) is 4.57. The van der Waals surface area contributed by atoms with Gasteiger partial charge >= 0.3 is 0 Å². The number of nitrogens with one attached hydrogen (secondary N) is 1. The quantitative estimate of drug-likeness (QED) is 0.417. The summed E-state index contributed by atoms with van der Waals surface area (Å²) in [4.78, 5) is 26.8. The molecule has 0 spiro atoms. The minimum atomic E-state index is -0.718. The second-order valence-corrected chi connectivity index (χ2v) is 8.31. The highest BCUT2D eigenvalue weighted by molar-refractivity contribution is 7.18. The molecule has 0 aliphatic carbocycles. The summed E-state index contributed by atoms with van der Waals surface area (Å²) < 4.78 is 5.72. The summed E-state index contributed by atoms with van der Waals surface area (Å²) in [6.07, 6.45) is 1.30. The Balaban J connectivity index is 1.88. The second-order valence-electron chi connectivity index (χ2n) is 6.88. The number of rotatable bonds is 5. The Hall–Kier alpha value is -3.85. The standard InChI is InChI=1S/C23H17ClN4O3S/c1-13-17(12-26)22(32-20(13)23(30)28(2)3)27-21(29)14(11-25)10-15-8-9-19(31-15)16-6-4-5-7-18(16)24/h4-10H,1-3H3,(H,27,29). The van der Waals surface area contributed by atoms with Crippen LogP contribution in [-0.2, 0) is 4.79 Å². The van der Waals surface area contributed by atoms with Crippen LogP contribution in [0.5, 0.6) is 0 Å². The van der Waals surface area contributed by atoms with Crippen molar-refractivity contribution >= 4 is 45.8 Å². The van der Waals surface area contributed by atoms with Gasteiger partial charge < -0.3 is 14.6 Å². The van der Waals surface area contributed by atoms with E-state index in [1.807, 2.05) is 18.2 Å². The Kier molecular flexibility index (Phi) is 6.79. The monoisotopic (exact) mass is 464 g/mol. The van der Waals surface area contributed by atoms with Crippen molar-refractivity contribution < 1.29 is 14.0 Å². The lowest BCUT2D eigenvalue weighted by Gasteiger charge is -2.08. The van der Waals surface area contributed by atoms with Gasteiger partial charge in [-0.15, -0.1) is 11.3 Å². The van der Waals surface area contributed by atoms with Crippen LogP contribution in [0.15, 0.2) is 46.4 Å². The number of carbonyl (C=O) groups excluding carboxylic acids is 2. The molecule has 9 heteroatoms. The van der Waals surface area contributed by atoms with E-state index < -0.39 is 5.91 Å². The Bertz CT molecular complexity index is 1320. The van der Waals surface area contributed by atoms with Gasteiger partial charge in [0.05, 0.1) is 15.5 Å². The molecule has 1 aromatic carbocycles. The number of carbonyl (C=O) groups is 2. The zero-order valence-corrected chi connectivity index (χ0v) is 19.0. The van der Waals surface area contributed by atoms with Crippen molar-refractivity contribution in [1.82, 2.24) is 4.90 Å². The summed E-state index contributed by atoms with van der Waals surface area (Å²) in [6, 6.07) is 14.3. The van der Waals surface area contributed by atoms with E-state index in [1.165, 1.54) is 11.0 Å². The summed E-state index contributed by atoms with van der Waals surface area (Å²) in [6.45, 7) is 1.64. The molecule has 32 heavy (non-hydrogen) atoms. The van der Waals surface area contributed by atoms with Crippen molar-refractivity contribution in [3.05, 3.63) is 68.8 Å². The first-order valence-electron chi connectivity index (χ1n) is 9.29. The van der Waals surface area contributed by atoms with Gasteiger partial charge in [-0.05, 0) is 36.8 Å². The van der Waals surface area contributed by atoms with Crippen LogP contribution in [-0.4, -0.2) is 30.8 Å². The van der Waals surface area contributed by atoms with Crippen molar-refractivity contribution in [1.29, 1.82) is 10.5 Å². The molecule has 0 saturated heterocycles. The summed E-state index contributed by atoms with van der Waals surface area (Å²) in [5, 5.41) is 22.3. The zero-order valence-electron chi connectivity index (χ0n) is 17.4. The molecular formula is C23H17ClN4O3S. The fourth-order valence-corrected chi connectivity index (χ4v) is 4.24. The number of hydrogen-bond acceptors (Lipinski definition) is 6. The minimum absolute atomic E-state index is 0.185. The number of nitriles is 2. The van der Waals surface area contributed by atoms with Crippen LogP contribution in [0.2, 0.25) is 5.02 Å². The van der Waals surface area contributed by atoms with Gasteiger partial charge in [-0.3, -0.25) is 9.59 Å². The summed E-state index contributed by atoms with van der Waals surface area (Å²) >= 11 is 7.17. The number of hydrogen-bond donors (Lipinski definition) is 1. The number of halogens is 1. The van der Waals surface area contributed by atoms with Crippen molar-refractivity contribution in [2.45, 2.75) is 6.92 Å². The number of furan rings is 1. The molecule has 0 unspecified atom stereocenters. The van der Waals surface area contributed by atoms with Crippen LogP contribution in [0.3, 0.4) is 0 Å². The van der Waals surface area contributed by atoms with Gasteiger partial charge in [-0.25, -0.2) is 0 Å². The Morgan fingerprint density at radius 3 is 2.53 bits per heavy atom. The number of thiophene rings is 1. The van der Waals surface area contributed by atoms with Crippen LogP contribution < -0.4 is 5.32 Å². The summed E-state index contributed by atoms with van der Waals surface area (Å²) in [5.74, 6) is -0.210. The van der Waals surface area contributed by atoms with E-state index >= 15 is 0 Å². The first kappa shape index (κ1) is 22.8. The lowest BCUT2D eigenvalue weighted by molar-refractivity contribution is -0.112. The highest BCUT2D eigenvalue weighted by Gasteiger charge is 2.23. The van der Waals surface area contributed by atoms with Gasteiger partial charge in [0.25, 0.3) is 11.8 Å². The van der Waals surface area contributed by atoms with Crippen molar-refractivity contribution in [3.8, 4) is 23.5 Å². The molecule has 2 heterocycles. The number of anilines is 1. The third-order valence-corrected chi connectivity index (χ3v) is 6.03. The largest absolute Gasteiger partial charge is 0.457 e. The number of benzene rings is 1. The highest BCUT2D eigenvalue weighted by Crippen LogP contribution is 2.34. The lowest BCUT2D eigenvalue weighted by Crippen LogP contribution is -2.21. The molecule has 0 radical (unpaired) electrons. The maximum Gasteiger partial charge on any atom is 0.267 e. The number of nitrogens with zero attached hydrogens (tertiary/aromatic N) is 3. The molecule has 1 N–H and O–H groups in total. The second kappa shape index (κ2) is 9.52. The predicted molar refractivity (Wildman–Crippen MR) is 123 cm³/mol. The molecule has 0 atom stereocenters. The van der Waals surface area contributed by atoms with Crippen molar-refractivity contribution in [3.63, 3.8) is 0 Å². The van der Waals surface area contributed by atoms with Crippen molar-refractivity contribution in [2.75, 3.05) is 19.4 Å². The van der Waals surface area contributed by atoms with Crippen molar-refractivity contribution in [2.24, 2.45) is 0 Å². The molecule has 0 fully saturated rings. The topological polar surface area (TPSA) is 110 Å². The molecule has 2 amide bonds. The molecule has 0 saturated carbocycles. The maximum absolute atomic E-state index is 12.7. The van der Waals surface area contributed by atoms with Crippen LogP contribution in [0.1, 0.15) is 26.6 Å². The first-order chi connectivity index (χ1) is 15.3. The maximum atomic E-state index is 12.7. The average molecular weight is 465 g/mol. The van der Waals surface area contributed by atoms with E-state index in [4.69, 9.17) is 16.0 Å². The van der Waals surface area contributed by atoms with Gasteiger partial charge in [0, 0.05) is 25.7 Å². The molecule has 2 aromatic heterocycles. The van der Waals surface area contributed by atoms with E-state index in [0.29, 0.717) is 26.8 Å². The fraction of sp³-hybridized carbons (Fsp3) is 0.130. The Morgan fingerprint density at radius 1 is 1.19 bits per heavy atom. The van der Waals surface area contributed by atoms with Gasteiger partial charge in [0.1, 0.15) is 34.2 Å². The van der Waals surface area contributed by atoms with Crippen LogP contribution >= 0.6 is 22.9 Å². The molecule has 0 bridgehead atoms. The van der Waals surface area contributed by atoms with Gasteiger partial charge in [0.2, 0.25) is 0 Å². The zero-order chi connectivity index (χ0) is 23.4. The Morgan fingerprint density at radius 2 is 1.91 bits per heavy atom. The lowest BCUT2D eigenvalue weighted by atomic mass is 10.1.